The summed E-state index contributed by atoms with van der Waals surface area (Å²) in [6.07, 6.45) is 5.86. The summed E-state index contributed by atoms with van der Waals surface area (Å²) < 4.78 is 23.7. The number of para-hydroxylation sites is 1. The molecule has 47 heavy (non-hydrogen) atoms. The van der Waals surface area contributed by atoms with E-state index in [0.717, 1.165) is 60.3 Å². The first-order chi connectivity index (χ1) is 23.0. The largest absolute Gasteiger partial charge is 0.495 e. The minimum absolute atomic E-state index is 0.0443. The van der Waals surface area contributed by atoms with Gasteiger partial charge in [-0.15, -0.1) is 0 Å². The number of hydrogen-bond acceptors (Lipinski definition) is 10. The zero-order valence-corrected chi connectivity index (χ0v) is 27.3. The second kappa shape index (κ2) is 17.0. The number of nitrogens with zero attached hydrogens (tertiary/aromatic N) is 4. The average Bonchev–Trinajstić information content (AvgIpc) is 3.70. The summed E-state index contributed by atoms with van der Waals surface area (Å²) >= 11 is 0. The van der Waals surface area contributed by atoms with E-state index >= 15 is 0 Å². The number of aromatic nitrogens is 5. The number of anilines is 1. The third-order valence-corrected chi connectivity index (χ3v) is 8.35. The van der Waals surface area contributed by atoms with Crippen molar-refractivity contribution in [3.05, 3.63) is 36.4 Å². The molecule has 3 aromatic heterocycles. The van der Waals surface area contributed by atoms with E-state index in [1.54, 1.807) is 11.6 Å². The Labute approximate surface area is 274 Å². The van der Waals surface area contributed by atoms with Crippen LogP contribution in [-0.2, 0) is 23.8 Å². The summed E-state index contributed by atoms with van der Waals surface area (Å²) in [5.74, 6) is 2.00. The van der Waals surface area contributed by atoms with Gasteiger partial charge in [-0.1, -0.05) is 19.1 Å². The molecule has 2 amide bonds. The number of nitrogen functional groups attached to an aromatic ring is 1. The zero-order chi connectivity index (χ0) is 33.0. The molecule has 0 atom stereocenters. The third kappa shape index (κ3) is 8.76. The molecular weight excluding hydrogens is 604 g/mol. The molecule has 1 saturated carbocycles. The topological polar surface area (TPSA) is 180 Å². The van der Waals surface area contributed by atoms with Gasteiger partial charge in [0.05, 0.1) is 51.4 Å². The van der Waals surface area contributed by atoms with E-state index in [0.29, 0.717) is 76.2 Å². The second-order valence-electron chi connectivity index (χ2n) is 11.6. The average molecular weight is 651 g/mol. The Morgan fingerprint density at radius 3 is 2.49 bits per heavy atom. The van der Waals surface area contributed by atoms with Crippen LogP contribution in [-0.4, -0.2) is 96.2 Å². The number of hydrogen-bond donors (Lipinski definition) is 4. The predicted molar refractivity (Wildman–Crippen MR) is 177 cm³/mol. The van der Waals surface area contributed by atoms with Crippen molar-refractivity contribution in [2.45, 2.75) is 51.4 Å². The van der Waals surface area contributed by atoms with E-state index in [1.807, 2.05) is 31.2 Å². The van der Waals surface area contributed by atoms with Crippen molar-refractivity contribution in [1.29, 1.82) is 0 Å². The fraction of sp³-hybridized carbons (Fsp3) is 0.545. The summed E-state index contributed by atoms with van der Waals surface area (Å²) in [6.45, 7) is 5.68. The van der Waals surface area contributed by atoms with Crippen LogP contribution in [0.5, 0.6) is 5.75 Å². The number of rotatable bonds is 18. The molecule has 1 aliphatic rings. The van der Waals surface area contributed by atoms with Crippen LogP contribution in [0, 0.1) is 5.92 Å². The van der Waals surface area contributed by atoms with Gasteiger partial charge in [0.1, 0.15) is 29.1 Å². The van der Waals surface area contributed by atoms with Crippen molar-refractivity contribution in [1.82, 2.24) is 35.2 Å². The van der Waals surface area contributed by atoms with Crippen LogP contribution < -0.4 is 21.1 Å². The van der Waals surface area contributed by atoms with Gasteiger partial charge in [-0.25, -0.2) is 14.5 Å². The van der Waals surface area contributed by atoms with Crippen LogP contribution in [0.3, 0.4) is 0 Å². The molecule has 254 valence electrons. The minimum atomic E-state index is -0.0606. The molecule has 0 radical (unpaired) electrons. The summed E-state index contributed by atoms with van der Waals surface area (Å²) in [5.41, 5.74) is 9.39. The fourth-order valence-corrected chi connectivity index (χ4v) is 5.94. The standard InChI is InChI=1S/C33H46N8O6/c1-3-14-45-15-11-27(42)35-12-16-46-18-19-47-17-13-36-33(43)23-9-7-22(8-10-23)32-40-29(30-31(34)37-21-38-41(30)32)25-20-24-5-4-6-26(44-2)28(24)39-25/h4-6,20-23,39H,3,7-19H2,1-2H3,(H,35,42)(H,36,43)(H2,34,37,38)/t22-,23-. The number of carbonyl (C=O) groups is 2. The highest BCUT2D eigenvalue weighted by atomic mass is 16.5. The summed E-state index contributed by atoms with van der Waals surface area (Å²) in [7, 11) is 1.65. The van der Waals surface area contributed by atoms with Gasteiger partial charge in [0.15, 0.2) is 5.82 Å². The first-order valence-corrected chi connectivity index (χ1v) is 16.4. The Morgan fingerprint density at radius 2 is 1.74 bits per heavy atom. The highest BCUT2D eigenvalue weighted by Crippen LogP contribution is 2.39. The molecule has 4 aromatic rings. The van der Waals surface area contributed by atoms with Gasteiger partial charge in [-0.3, -0.25) is 9.59 Å². The lowest BCUT2D eigenvalue weighted by atomic mass is 9.81. The first-order valence-electron chi connectivity index (χ1n) is 16.4. The molecule has 0 saturated heterocycles. The maximum Gasteiger partial charge on any atom is 0.223 e. The third-order valence-electron chi connectivity index (χ3n) is 8.35. The summed E-state index contributed by atoms with van der Waals surface area (Å²) in [4.78, 5) is 37.3. The van der Waals surface area contributed by atoms with Crippen molar-refractivity contribution in [2.75, 3.05) is 65.6 Å². The number of ether oxygens (including phenoxy) is 4. The van der Waals surface area contributed by atoms with Gasteiger partial charge in [-0.2, -0.15) is 5.10 Å². The molecule has 5 N–H and O–H groups in total. The van der Waals surface area contributed by atoms with Crippen LogP contribution in [0.2, 0.25) is 0 Å². The summed E-state index contributed by atoms with van der Waals surface area (Å²) in [5, 5.41) is 11.3. The van der Waals surface area contributed by atoms with E-state index in [9.17, 15) is 9.59 Å². The molecule has 1 fully saturated rings. The number of carbonyl (C=O) groups excluding carboxylic acids is 2. The van der Waals surface area contributed by atoms with Crippen molar-refractivity contribution in [3.63, 3.8) is 0 Å². The molecular formula is C33H46N8O6. The Morgan fingerprint density at radius 1 is 1.00 bits per heavy atom. The highest BCUT2D eigenvalue weighted by molar-refractivity contribution is 5.93. The predicted octanol–water partition coefficient (Wildman–Crippen LogP) is 3.22. The molecule has 5 rings (SSSR count). The molecule has 1 aliphatic carbocycles. The number of H-pyrrole nitrogens is 1. The number of aromatic amines is 1. The van der Waals surface area contributed by atoms with Crippen molar-refractivity contribution < 1.29 is 28.5 Å². The quantitative estimate of drug-likeness (QED) is 0.117. The SMILES string of the molecule is CCCOCCC(=O)NCCOCCOCCNC(=O)[C@H]1CC[C@H](c2nc(-c3cc4cccc(OC)c4[nH]3)c3c(N)ncnn32)CC1. The monoisotopic (exact) mass is 650 g/mol. The molecule has 0 aliphatic heterocycles. The van der Waals surface area contributed by atoms with E-state index in [1.165, 1.54) is 6.33 Å². The van der Waals surface area contributed by atoms with Gasteiger partial charge >= 0.3 is 0 Å². The lowest BCUT2D eigenvalue weighted by molar-refractivity contribution is -0.126. The number of amides is 2. The molecule has 0 spiro atoms. The van der Waals surface area contributed by atoms with Gasteiger partial charge in [-0.05, 0) is 44.2 Å². The Bertz CT molecular complexity index is 1610. The van der Waals surface area contributed by atoms with Crippen LogP contribution in [0.25, 0.3) is 27.8 Å². The Kier molecular flexibility index (Phi) is 12.4. The van der Waals surface area contributed by atoms with Crippen molar-refractivity contribution in [3.8, 4) is 17.1 Å². The fourth-order valence-electron chi connectivity index (χ4n) is 5.94. The highest BCUT2D eigenvalue weighted by Gasteiger charge is 2.31. The van der Waals surface area contributed by atoms with Gasteiger partial charge in [0.25, 0.3) is 0 Å². The van der Waals surface area contributed by atoms with Crippen LogP contribution in [0.15, 0.2) is 30.6 Å². The van der Waals surface area contributed by atoms with Crippen molar-refractivity contribution in [2.24, 2.45) is 5.92 Å². The van der Waals surface area contributed by atoms with Crippen LogP contribution in [0.4, 0.5) is 5.82 Å². The number of nitrogens with one attached hydrogen (secondary N) is 3. The van der Waals surface area contributed by atoms with E-state index in [-0.39, 0.29) is 23.7 Å². The van der Waals surface area contributed by atoms with Crippen LogP contribution >= 0.6 is 0 Å². The first kappa shape index (κ1) is 34.1. The molecule has 1 aromatic carbocycles. The minimum Gasteiger partial charge on any atom is -0.495 e. The summed E-state index contributed by atoms with van der Waals surface area (Å²) in [6, 6.07) is 7.91. The maximum absolute atomic E-state index is 12.9. The lowest BCUT2D eigenvalue weighted by Crippen LogP contribution is -2.35. The second-order valence-corrected chi connectivity index (χ2v) is 11.6. The number of imidazole rings is 1. The molecule has 0 bridgehead atoms. The van der Waals surface area contributed by atoms with Gasteiger partial charge in [0.2, 0.25) is 11.8 Å². The number of fused-ring (bicyclic) bond motifs is 2. The maximum atomic E-state index is 12.9. The smallest absolute Gasteiger partial charge is 0.223 e. The number of benzene rings is 1. The Balaban J connectivity index is 1.03. The lowest BCUT2D eigenvalue weighted by Gasteiger charge is -2.26. The van der Waals surface area contributed by atoms with E-state index in [4.69, 9.17) is 29.7 Å². The number of methoxy groups -OCH3 is 1. The van der Waals surface area contributed by atoms with Crippen molar-refractivity contribution >= 4 is 34.1 Å². The van der Waals surface area contributed by atoms with Crippen LogP contribution in [0.1, 0.15) is 57.2 Å². The van der Waals surface area contributed by atoms with E-state index < -0.39 is 0 Å². The molecule has 3 heterocycles. The van der Waals surface area contributed by atoms with Gasteiger partial charge < -0.3 is 40.3 Å². The number of nitrogens with two attached hydrogens (primary N) is 1. The molecule has 14 nitrogen and oxygen atoms in total. The van der Waals surface area contributed by atoms with Gasteiger partial charge in [0, 0.05) is 43.3 Å². The Hall–Kier alpha value is -4.27. The zero-order valence-electron chi connectivity index (χ0n) is 27.3. The normalized spacial score (nSPS) is 16.5. The molecule has 0 unspecified atom stereocenters. The van der Waals surface area contributed by atoms with E-state index in [2.05, 4.69) is 25.7 Å². The molecule has 14 heteroatoms.